The number of nitrogens with one attached hydrogen (secondary N) is 2. The second kappa shape index (κ2) is 10.9. The van der Waals surface area contributed by atoms with Crippen LogP contribution in [0.1, 0.15) is 63.0 Å². The molecule has 2 aliphatic carbocycles. The van der Waals surface area contributed by atoms with Gasteiger partial charge in [0.2, 0.25) is 5.91 Å². The van der Waals surface area contributed by atoms with Gasteiger partial charge in [-0.25, -0.2) is 4.79 Å². The summed E-state index contributed by atoms with van der Waals surface area (Å²) < 4.78 is 5.64. The second-order valence-electron chi connectivity index (χ2n) is 9.93. The number of hydrogen-bond donors (Lipinski definition) is 3. The number of rotatable bonds is 8. The zero-order valence-electron chi connectivity index (χ0n) is 20.3. The Morgan fingerprint density at radius 1 is 0.971 bits per heavy atom. The van der Waals surface area contributed by atoms with Gasteiger partial charge in [-0.2, -0.15) is 0 Å². The first-order valence-electron chi connectivity index (χ1n) is 12.5. The van der Waals surface area contributed by atoms with Crippen molar-refractivity contribution in [3.8, 4) is 11.1 Å². The van der Waals surface area contributed by atoms with E-state index < -0.39 is 24.0 Å². The summed E-state index contributed by atoms with van der Waals surface area (Å²) in [7, 11) is 0. The molecule has 3 atom stereocenters. The van der Waals surface area contributed by atoms with Crippen molar-refractivity contribution < 1.29 is 24.2 Å². The summed E-state index contributed by atoms with van der Waals surface area (Å²) in [6.45, 7) is 4.07. The number of carboxylic acid groups (broad SMARTS) is 1. The molecule has 35 heavy (non-hydrogen) atoms. The molecule has 4 rings (SSSR count). The van der Waals surface area contributed by atoms with Crippen LogP contribution in [0, 0.1) is 11.8 Å². The van der Waals surface area contributed by atoms with Crippen LogP contribution >= 0.6 is 0 Å². The Kier molecular flexibility index (Phi) is 7.73. The molecule has 1 saturated carbocycles. The molecule has 0 radical (unpaired) electrons. The highest BCUT2D eigenvalue weighted by molar-refractivity contribution is 5.80. The molecule has 0 aromatic heterocycles. The molecule has 2 aromatic rings. The molecule has 0 unspecified atom stereocenters. The summed E-state index contributed by atoms with van der Waals surface area (Å²) in [5, 5.41) is 15.2. The maximum Gasteiger partial charge on any atom is 0.407 e. The zero-order valence-corrected chi connectivity index (χ0v) is 20.3. The minimum absolute atomic E-state index is 0.00265. The number of aliphatic carboxylic acids is 1. The Morgan fingerprint density at radius 2 is 1.57 bits per heavy atom. The topological polar surface area (TPSA) is 105 Å². The van der Waals surface area contributed by atoms with Crippen LogP contribution in [0.4, 0.5) is 4.79 Å². The summed E-state index contributed by atoms with van der Waals surface area (Å²) in [6.07, 6.45) is 2.52. The number of benzene rings is 2. The van der Waals surface area contributed by atoms with Gasteiger partial charge in [0, 0.05) is 24.4 Å². The number of carbonyl (C=O) groups excluding carboxylic acids is 2. The summed E-state index contributed by atoms with van der Waals surface area (Å²) in [5.41, 5.74) is 4.61. The first-order valence-corrected chi connectivity index (χ1v) is 12.5. The van der Waals surface area contributed by atoms with E-state index in [4.69, 9.17) is 4.74 Å². The average molecular weight is 479 g/mol. The third kappa shape index (κ3) is 5.66. The smallest absolute Gasteiger partial charge is 0.407 e. The zero-order chi connectivity index (χ0) is 24.9. The van der Waals surface area contributed by atoms with E-state index in [0.29, 0.717) is 12.8 Å². The van der Waals surface area contributed by atoms with E-state index in [2.05, 4.69) is 34.9 Å². The third-order valence-corrected chi connectivity index (χ3v) is 7.29. The van der Waals surface area contributed by atoms with Gasteiger partial charge in [0.25, 0.3) is 0 Å². The van der Waals surface area contributed by atoms with Gasteiger partial charge in [0.15, 0.2) is 0 Å². The summed E-state index contributed by atoms with van der Waals surface area (Å²) in [4.78, 5) is 37.0. The Balaban J connectivity index is 1.34. The van der Waals surface area contributed by atoms with E-state index in [1.165, 1.54) is 0 Å². The predicted molar refractivity (Wildman–Crippen MR) is 133 cm³/mol. The van der Waals surface area contributed by atoms with Crippen molar-refractivity contribution in [3.05, 3.63) is 59.7 Å². The normalized spacial score (nSPS) is 20.0. The Labute approximate surface area is 206 Å². The minimum Gasteiger partial charge on any atom is -0.481 e. The lowest BCUT2D eigenvalue weighted by atomic mass is 9.84. The molecule has 2 aliphatic rings. The maximum atomic E-state index is 12.7. The molecule has 3 N–H and O–H groups in total. The lowest BCUT2D eigenvalue weighted by Crippen LogP contribution is -2.48. The number of carboxylic acids is 1. The number of ether oxygens (including phenoxy) is 1. The highest BCUT2D eigenvalue weighted by Crippen LogP contribution is 2.44. The van der Waals surface area contributed by atoms with Gasteiger partial charge in [-0.15, -0.1) is 0 Å². The van der Waals surface area contributed by atoms with Gasteiger partial charge in [-0.1, -0.05) is 75.2 Å². The molecule has 7 heteroatoms. The number of alkyl carbamates (subject to hydrolysis) is 1. The van der Waals surface area contributed by atoms with E-state index in [9.17, 15) is 19.5 Å². The van der Waals surface area contributed by atoms with E-state index >= 15 is 0 Å². The van der Waals surface area contributed by atoms with Crippen molar-refractivity contribution in [1.29, 1.82) is 0 Å². The standard InChI is InChI=1S/C28H34N2O5/c1-17(2)25(15-26(31)29-24-14-8-7-13-22(24)27(32)33)30-28(34)35-16-23-20-11-5-3-9-18(20)19-10-4-6-12-21(19)23/h3-6,9-12,17,22-25H,7-8,13-16H2,1-2H3,(H,29,31)(H,30,34)(H,32,33)/t22-,24+,25-/m1/s1. The molecular formula is C28H34N2O5. The van der Waals surface area contributed by atoms with Gasteiger partial charge >= 0.3 is 12.1 Å². The molecule has 186 valence electrons. The van der Waals surface area contributed by atoms with Crippen molar-refractivity contribution >= 4 is 18.0 Å². The number of amides is 2. The molecule has 0 heterocycles. The van der Waals surface area contributed by atoms with Gasteiger partial charge in [0.1, 0.15) is 6.61 Å². The molecule has 2 aromatic carbocycles. The Hall–Kier alpha value is -3.35. The third-order valence-electron chi connectivity index (χ3n) is 7.29. The van der Waals surface area contributed by atoms with Crippen LogP contribution in [0.3, 0.4) is 0 Å². The second-order valence-corrected chi connectivity index (χ2v) is 9.93. The van der Waals surface area contributed by atoms with Crippen LogP contribution in [0.5, 0.6) is 0 Å². The summed E-state index contributed by atoms with van der Waals surface area (Å²) in [5.74, 6) is -1.70. The minimum atomic E-state index is -0.868. The van der Waals surface area contributed by atoms with Crippen LogP contribution in [-0.2, 0) is 14.3 Å². The fourth-order valence-electron chi connectivity index (χ4n) is 5.31. The maximum absolute atomic E-state index is 12.7. The van der Waals surface area contributed by atoms with Gasteiger partial charge in [0.05, 0.1) is 5.92 Å². The fraction of sp³-hybridized carbons (Fsp3) is 0.464. The van der Waals surface area contributed by atoms with Crippen molar-refractivity contribution in [3.63, 3.8) is 0 Å². The molecule has 0 saturated heterocycles. The van der Waals surface area contributed by atoms with E-state index in [0.717, 1.165) is 35.1 Å². The Morgan fingerprint density at radius 3 is 2.17 bits per heavy atom. The van der Waals surface area contributed by atoms with Crippen LogP contribution in [0.15, 0.2) is 48.5 Å². The summed E-state index contributed by atoms with van der Waals surface area (Å²) >= 11 is 0. The van der Waals surface area contributed by atoms with Crippen molar-refractivity contribution in [2.45, 2.75) is 64.0 Å². The van der Waals surface area contributed by atoms with Crippen LogP contribution in [0.2, 0.25) is 0 Å². The first kappa shape index (κ1) is 24.8. The molecule has 1 fully saturated rings. The predicted octanol–water partition coefficient (Wildman–Crippen LogP) is 4.70. The lowest BCUT2D eigenvalue weighted by Gasteiger charge is -2.30. The SMILES string of the molecule is CC(C)[C@@H](CC(=O)N[C@H]1CCCC[C@H]1C(=O)O)NC(=O)OCC1c2ccccc2-c2ccccc21. The van der Waals surface area contributed by atoms with E-state index in [1.54, 1.807) is 0 Å². The highest BCUT2D eigenvalue weighted by atomic mass is 16.5. The Bertz CT molecular complexity index is 1040. The van der Waals surface area contributed by atoms with Crippen molar-refractivity contribution in [2.24, 2.45) is 11.8 Å². The van der Waals surface area contributed by atoms with Crippen LogP contribution in [-0.4, -0.2) is 41.8 Å². The van der Waals surface area contributed by atoms with Crippen molar-refractivity contribution in [1.82, 2.24) is 10.6 Å². The number of carbonyl (C=O) groups is 3. The van der Waals surface area contributed by atoms with Gasteiger partial charge < -0.3 is 20.5 Å². The largest absolute Gasteiger partial charge is 0.481 e. The molecule has 0 aliphatic heterocycles. The first-order chi connectivity index (χ1) is 16.8. The lowest BCUT2D eigenvalue weighted by molar-refractivity contribution is -0.144. The van der Waals surface area contributed by atoms with Crippen LogP contribution < -0.4 is 10.6 Å². The van der Waals surface area contributed by atoms with Crippen molar-refractivity contribution in [2.75, 3.05) is 6.61 Å². The molecular weight excluding hydrogens is 444 g/mol. The average Bonchev–Trinajstić information content (AvgIpc) is 3.16. The summed E-state index contributed by atoms with van der Waals surface area (Å²) in [6, 6.07) is 15.5. The number of fused-ring (bicyclic) bond motifs is 3. The van der Waals surface area contributed by atoms with Crippen LogP contribution in [0.25, 0.3) is 11.1 Å². The quantitative estimate of drug-likeness (QED) is 0.510. The molecule has 7 nitrogen and oxygen atoms in total. The van der Waals surface area contributed by atoms with E-state index in [-0.39, 0.29) is 36.8 Å². The number of hydrogen-bond acceptors (Lipinski definition) is 4. The molecule has 2 amide bonds. The van der Waals surface area contributed by atoms with E-state index in [1.807, 2.05) is 38.1 Å². The van der Waals surface area contributed by atoms with Gasteiger partial charge in [-0.05, 0) is 41.0 Å². The highest BCUT2D eigenvalue weighted by Gasteiger charge is 2.33. The van der Waals surface area contributed by atoms with Gasteiger partial charge in [-0.3, -0.25) is 9.59 Å². The fourth-order valence-corrected chi connectivity index (χ4v) is 5.31. The molecule has 0 spiro atoms. The monoisotopic (exact) mass is 478 g/mol. The molecule has 0 bridgehead atoms.